The summed E-state index contributed by atoms with van der Waals surface area (Å²) in [5.41, 5.74) is 1.36. The van der Waals surface area contributed by atoms with Crippen LogP contribution in [0.5, 0.6) is 5.75 Å². The normalized spacial score (nSPS) is 10.9. The second-order valence-electron chi connectivity index (χ2n) is 4.37. The van der Waals surface area contributed by atoms with Crippen LogP contribution >= 0.6 is 0 Å². The summed E-state index contributed by atoms with van der Waals surface area (Å²) >= 11 is 0. The quantitative estimate of drug-likeness (QED) is 0.603. The molecule has 0 aliphatic carbocycles. The van der Waals surface area contributed by atoms with E-state index in [9.17, 15) is 0 Å². The van der Waals surface area contributed by atoms with Gasteiger partial charge in [0.25, 0.3) is 0 Å². The maximum Gasteiger partial charge on any atom is 0.160 e. The second kappa shape index (κ2) is 9.82. The van der Waals surface area contributed by atoms with Crippen molar-refractivity contribution in [1.82, 2.24) is 0 Å². The highest BCUT2D eigenvalue weighted by Crippen LogP contribution is 2.14. The van der Waals surface area contributed by atoms with Gasteiger partial charge in [0.05, 0.1) is 6.61 Å². The molecule has 0 atom stereocenters. The van der Waals surface area contributed by atoms with Gasteiger partial charge >= 0.3 is 0 Å². The number of rotatable bonds is 10. The van der Waals surface area contributed by atoms with Crippen molar-refractivity contribution >= 4 is 0 Å². The molecular weight excluding hydrogens is 240 g/mol. The highest BCUT2D eigenvalue weighted by atomic mass is 16.7. The van der Waals surface area contributed by atoms with Crippen LogP contribution in [-0.2, 0) is 15.9 Å². The van der Waals surface area contributed by atoms with Gasteiger partial charge in [-0.15, -0.1) is 0 Å². The van der Waals surface area contributed by atoms with Gasteiger partial charge in [0.2, 0.25) is 0 Å². The zero-order valence-corrected chi connectivity index (χ0v) is 12.4. The third-order valence-corrected chi connectivity index (χ3v) is 2.79. The van der Waals surface area contributed by atoms with E-state index < -0.39 is 0 Å². The maximum atomic E-state index is 5.70. The van der Waals surface area contributed by atoms with Crippen LogP contribution in [0.3, 0.4) is 0 Å². The molecule has 0 bridgehead atoms. The maximum absolute atomic E-state index is 5.70. The molecule has 0 heterocycles. The van der Waals surface area contributed by atoms with Crippen molar-refractivity contribution in [3.05, 3.63) is 29.8 Å². The van der Waals surface area contributed by atoms with Crippen molar-refractivity contribution in [2.75, 3.05) is 19.8 Å². The van der Waals surface area contributed by atoms with E-state index in [0.29, 0.717) is 19.8 Å². The van der Waals surface area contributed by atoms with Gasteiger partial charge in [-0.2, -0.15) is 0 Å². The highest BCUT2D eigenvalue weighted by Gasteiger charge is 2.07. The minimum Gasteiger partial charge on any atom is -0.493 e. The van der Waals surface area contributed by atoms with Gasteiger partial charge in [-0.3, -0.25) is 0 Å². The summed E-state index contributed by atoms with van der Waals surface area (Å²) in [6, 6.07) is 8.31. The van der Waals surface area contributed by atoms with Crippen molar-refractivity contribution < 1.29 is 14.2 Å². The molecule has 0 aromatic heterocycles. The van der Waals surface area contributed by atoms with Gasteiger partial charge in [0.15, 0.2) is 6.29 Å². The molecule has 3 nitrogen and oxygen atoms in total. The Hall–Kier alpha value is -1.06. The third kappa shape index (κ3) is 6.60. The van der Waals surface area contributed by atoms with E-state index in [1.54, 1.807) is 0 Å². The molecule has 3 heteroatoms. The van der Waals surface area contributed by atoms with Gasteiger partial charge in [-0.1, -0.05) is 25.5 Å². The molecule has 0 aliphatic heterocycles. The Balaban J connectivity index is 2.30. The van der Waals surface area contributed by atoms with E-state index >= 15 is 0 Å². The van der Waals surface area contributed by atoms with Gasteiger partial charge in [-0.25, -0.2) is 0 Å². The number of hydrogen-bond donors (Lipinski definition) is 0. The average molecular weight is 266 g/mol. The van der Waals surface area contributed by atoms with Crippen LogP contribution in [0, 0.1) is 0 Å². The number of benzene rings is 1. The molecule has 0 unspecified atom stereocenters. The van der Waals surface area contributed by atoms with Crippen LogP contribution in [-0.4, -0.2) is 26.1 Å². The zero-order chi connectivity index (χ0) is 13.9. The van der Waals surface area contributed by atoms with Crippen molar-refractivity contribution in [2.24, 2.45) is 0 Å². The second-order valence-corrected chi connectivity index (χ2v) is 4.37. The summed E-state index contributed by atoms with van der Waals surface area (Å²) in [7, 11) is 0. The minimum absolute atomic E-state index is 0.158. The van der Waals surface area contributed by atoms with Crippen LogP contribution in [0.1, 0.15) is 39.2 Å². The van der Waals surface area contributed by atoms with Crippen molar-refractivity contribution in [3.8, 4) is 5.75 Å². The molecule has 0 spiro atoms. The predicted molar refractivity (Wildman–Crippen MR) is 77.6 cm³/mol. The molecule has 0 fully saturated rings. The summed E-state index contributed by atoms with van der Waals surface area (Å²) in [6.45, 7) is 8.06. The Labute approximate surface area is 116 Å². The summed E-state index contributed by atoms with van der Waals surface area (Å²) in [4.78, 5) is 0. The minimum atomic E-state index is -0.158. The summed E-state index contributed by atoms with van der Waals surface area (Å²) in [5, 5.41) is 0. The fourth-order valence-corrected chi connectivity index (χ4v) is 1.90. The van der Waals surface area contributed by atoms with Crippen molar-refractivity contribution in [2.45, 2.75) is 46.3 Å². The first-order chi connectivity index (χ1) is 9.30. The molecule has 0 radical (unpaired) electrons. The smallest absolute Gasteiger partial charge is 0.160 e. The lowest BCUT2D eigenvalue weighted by Gasteiger charge is -2.17. The summed E-state index contributed by atoms with van der Waals surface area (Å²) in [6.07, 6.45) is 2.88. The number of hydrogen-bond acceptors (Lipinski definition) is 3. The Morgan fingerprint density at radius 1 is 0.947 bits per heavy atom. The van der Waals surface area contributed by atoms with Crippen LogP contribution < -0.4 is 4.74 Å². The SMILES string of the molecule is CCCc1ccc(OCCC(OCC)OCC)cc1. The van der Waals surface area contributed by atoms with Crippen molar-refractivity contribution in [3.63, 3.8) is 0 Å². The monoisotopic (exact) mass is 266 g/mol. The third-order valence-electron chi connectivity index (χ3n) is 2.79. The van der Waals surface area contributed by atoms with E-state index in [1.807, 2.05) is 26.0 Å². The van der Waals surface area contributed by atoms with Gasteiger partial charge in [0, 0.05) is 19.6 Å². The zero-order valence-electron chi connectivity index (χ0n) is 12.4. The fourth-order valence-electron chi connectivity index (χ4n) is 1.90. The lowest BCUT2D eigenvalue weighted by molar-refractivity contribution is -0.142. The lowest BCUT2D eigenvalue weighted by atomic mass is 10.1. The lowest BCUT2D eigenvalue weighted by Crippen LogP contribution is -2.20. The molecule has 0 saturated heterocycles. The molecular formula is C16H26O3. The molecule has 1 aromatic carbocycles. The molecule has 19 heavy (non-hydrogen) atoms. The number of aryl methyl sites for hydroxylation is 1. The topological polar surface area (TPSA) is 27.7 Å². The molecule has 0 amide bonds. The Kier molecular flexibility index (Phi) is 8.26. The van der Waals surface area contributed by atoms with Gasteiger partial charge < -0.3 is 14.2 Å². The Morgan fingerprint density at radius 2 is 1.58 bits per heavy atom. The first-order valence-corrected chi connectivity index (χ1v) is 7.25. The van der Waals surface area contributed by atoms with Crippen LogP contribution in [0.15, 0.2) is 24.3 Å². The van der Waals surface area contributed by atoms with Gasteiger partial charge in [0.1, 0.15) is 5.75 Å². The molecule has 1 rings (SSSR count). The summed E-state index contributed by atoms with van der Waals surface area (Å²) < 4.78 is 16.6. The largest absolute Gasteiger partial charge is 0.493 e. The predicted octanol–water partition coefficient (Wildman–Crippen LogP) is 3.81. The van der Waals surface area contributed by atoms with Crippen LogP contribution in [0.25, 0.3) is 0 Å². The molecule has 1 aromatic rings. The highest BCUT2D eigenvalue weighted by molar-refractivity contribution is 5.27. The summed E-state index contributed by atoms with van der Waals surface area (Å²) in [5.74, 6) is 0.909. The standard InChI is InChI=1S/C16H26O3/c1-4-7-14-8-10-15(11-9-14)19-13-12-16(17-5-2)18-6-3/h8-11,16H,4-7,12-13H2,1-3H3. The first-order valence-electron chi connectivity index (χ1n) is 7.25. The molecule has 108 valence electrons. The fraction of sp³-hybridized carbons (Fsp3) is 0.625. The van der Waals surface area contributed by atoms with Gasteiger partial charge in [-0.05, 0) is 38.0 Å². The first kappa shape index (κ1) is 16.0. The molecule has 0 saturated carbocycles. The van der Waals surface area contributed by atoms with E-state index in [-0.39, 0.29) is 6.29 Å². The molecule has 0 N–H and O–H groups in total. The van der Waals surface area contributed by atoms with Crippen LogP contribution in [0.4, 0.5) is 0 Å². The van der Waals surface area contributed by atoms with E-state index in [4.69, 9.17) is 14.2 Å². The Morgan fingerprint density at radius 3 is 2.11 bits per heavy atom. The van der Waals surface area contributed by atoms with Crippen molar-refractivity contribution in [1.29, 1.82) is 0 Å². The average Bonchev–Trinajstić information content (AvgIpc) is 2.41. The van der Waals surface area contributed by atoms with E-state index in [2.05, 4.69) is 19.1 Å². The van der Waals surface area contributed by atoms with E-state index in [1.165, 1.54) is 12.0 Å². The van der Waals surface area contributed by atoms with E-state index in [0.717, 1.165) is 18.6 Å². The molecule has 0 aliphatic rings. The Bertz CT molecular complexity index is 315. The number of ether oxygens (including phenoxy) is 3. The van der Waals surface area contributed by atoms with Crippen LogP contribution in [0.2, 0.25) is 0 Å².